The molecule has 5 heteroatoms. The SMILES string of the molecule is CCCCCCCCCNC(=NC)NCCOC.I. The van der Waals surface area contributed by atoms with Gasteiger partial charge < -0.3 is 15.4 Å². The normalized spacial score (nSPS) is 11.0. The summed E-state index contributed by atoms with van der Waals surface area (Å²) >= 11 is 0. The Morgan fingerprint density at radius 3 is 2.11 bits per heavy atom. The van der Waals surface area contributed by atoms with Crippen LogP contribution >= 0.6 is 24.0 Å². The molecule has 0 bridgehead atoms. The first-order valence-electron chi connectivity index (χ1n) is 7.28. The number of nitrogens with zero attached hydrogens (tertiary/aromatic N) is 1. The quantitative estimate of drug-likeness (QED) is 0.249. The number of nitrogens with one attached hydrogen (secondary N) is 2. The van der Waals surface area contributed by atoms with Crippen LogP contribution in [0.1, 0.15) is 51.9 Å². The third-order valence-corrected chi connectivity index (χ3v) is 2.90. The van der Waals surface area contributed by atoms with Gasteiger partial charge in [-0.05, 0) is 6.42 Å². The van der Waals surface area contributed by atoms with Crippen molar-refractivity contribution < 1.29 is 4.74 Å². The van der Waals surface area contributed by atoms with Crippen molar-refractivity contribution in [1.29, 1.82) is 0 Å². The molecule has 0 aromatic heterocycles. The largest absolute Gasteiger partial charge is 0.383 e. The Labute approximate surface area is 136 Å². The summed E-state index contributed by atoms with van der Waals surface area (Å²) in [7, 11) is 3.50. The average molecular weight is 385 g/mol. The van der Waals surface area contributed by atoms with Crippen LogP contribution < -0.4 is 10.6 Å². The van der Waals surface area contributed by atoms with Gasteiger partial charge in [0.05, 0.1) is 6.61 Å². The highest BCUT2D eigenvalue weighted by molar-refractivity contribution is 14.0. The number of methoxy groups -OCH3 is 1. The van der Waals surface area contributed by atoms with Crippen LogP contribution in [0.5, 0.6) is 0 Å². The summed E-state index contributed by atoms with van der Waals surface area (Å²) in [5.41, 5.74) is 0. The fraction of sp³-hybridized carbons (Fsp3) is 0.929. The van der Waals surface area contributed by atoms with Gasteiger partial charge in [-0.15, -0.1) is 24.0 Å². The van der Waals surface area contributed by atoms with Gasteiger partial charge in [-0.3, -0.25) is 4.99 Å². The van der Waals surface area contributed by atoms with Gasteiger partial charge in [0.15, 0.2) is 5.96 Å². The zero-order chi connectivity index (χ0) is 13.5. The van der Waals surface area contributed by atoms with Crippen molar-refractivity contribution in [2.24, 2.45) is 4.99 Å². The van der Waals surface area contributed by atoms with Crippen LogP contribution in [-0.2, 0) is 4.74 Å². The Hall–Kier alpha value is -0.0400. The number of aliphatic imine (C=N–C) groups is 1. The highest BCUT2D eigenvalue weighted by Crippen LogP contribution is 2.06. The van der Waals surface area contributed by atoms with Gasteiger partial charge in [-0.1, -0.05) is 45.4 Å². The van der Waals surface area contributed by atoms with E-state index in [2.05, 4.69) is 22.5 Å². The van der Waals surface area contributed by atoms with E-state index < -0.39 is 0 Å². The molecule has 0 saturated carbocycles. The van der Waals surface area contributed by atoms with E-state index in [9.17, 15) is 0 Å². The van der Waals surface area contributed by atoms with Crippen molar-refractivity contribution in [1.82, 2.24) is 10.6 Å². The van der Waals surface area contributed by atoms with Crippen molar-refractivity contribution in [2.75, 3.05) is 33.9 Å². The number of unbranched alkanes of at least 4 members (excludes halogenated alkanes) is 6. The van der Waals surface area contributed by atoms with Gasteiger partial charge in [0.1, 0.15) is 0 Å². The maximum atomic E-state index is 4.98. The summed E-state index contributed by atoms with van der Waals surface area (Å²) in [6.07, 6.45) is 9.37. The standard InChI is InChI=1S/C14H31N3O.HI/c1-4-5-6-7-8-9-10-11-16-14(15-2)17-12-13-18-3;/h4-13H2,1-3H3,(H2,15,16,17);1H. The number of rotatable bonds is 11. The molecule has 2 N–H and O–H groups in total. The van der Waals surface area contributed by atoms with Crippen molar-refractivity contribution in [3.05, 3.63) is 0 Å². The summed E-state index contributed by atoms with van der Waals surface area (Å²) in [6.45, 7) is 4.76. The number of ether oxygens (including phenoxy) is 1. The first-order valence-corrected chi connectivity index (χ1v) is 7.28. The van der Waals surface area contributed by atoms with E-state index in [4.69, 9.17) is 4.74 Å². The minimum absolute atomic E-state index is 0. The molecule has 0 saturated heterocycles. The number of halogens is 1. The van der Waals surface area contributed by atoms with E-state index in [0.717, 1.165) is 19.0 Å². The molecule has 0 radical (unpaired) electrons. The lowest BCUT2D eigenvalue weighted by atomic mass is 10.1. The molecule has 4 nitrogen and oxygen atoms in total. The third kappa shape index (κ3) is 15.9. The van der Waals surface area contributed by atoms with Gasteiger partial charge in [-0.25, -0.2) is 0 Å². The molecule has 0 rings (SSSR count). The maximum absolute atomic E-state index is 4.98. The average Bonchev–Trinajstić information content (AvgIpc) is 2.40. The molecule has 0 aliphatic carbocycles. The summed E-state index contributed by atoms with van der Waals surface area (Å²) < 4.78 is 4.98. The molecule has 0 heterocycles. The topological polar surface area (TPSA) is 45.7 Å². The molecule has 19 heavy (non-hydrogen) atoms. The summed E-state index contributed by atoms with van der Waals surface area (Å²) in [5, 5.41) is 6.52. The van der Waals surface area contributed by atoms with E-state index in [1.165, 1.54) is 44.9 Å². The highest BCUT2D eigenvalue weighted by Gasteiger charge is 1.96. The second-order valence-electron chi connectivity index (χ2n) is 4.54. The molecular weight excluding hydrogens is 353 g/mol. The Morgan fingerprint density at radius 1 is 0.947 bits per heavy atom. The van der Waals surface area contributed by atoms with Crippen molar-refractivity contribution in [2.45, 2.75) is 51.9 Å². The lowest BCUT2D eigenvalue weighted by Crippen LogP contribution is -2.39. The number of guanidine groups is 1. The van der Waals surface area contributed by atoms with Gasteiger partial charge >= 0.3 is 0 Å². The molecule has 0 spiro atoms. The van der Waals surface area contributed by atoms with Gasteiger partial charge in [0, 0.05) is 27.2 Å². The minimum atomic E-state index is 0. The van der Waals surface area contributed by atoms with Crippen LogP contribution in [0, 0.1) is 0 Å². The number of hydrogen-bond acceptors (Lipinski definition) is 2. The van der Waals surface area contributed by atoms with E-state index >= 15 is 0 Å². The van der Waals surface area contributed by atoms with Crippen LogP contribution in [-0.4, -0.2) is 39.8 Å². The van der Waals surface area contributed by atoms with Gasteiger partial charge in [0.2, 0.25) is 0 Å². The van der Waals surface area contributed by atoms with Crippen LogP contribution in [0.4, 0.5) is 0 Å². The highest BCUT2D eigenvalue weighted by atomic mass is 127. The molecule has 0 aliphatic heterocycles. The van der Waals surface area contributed by atoms with Crippen LogP contribution in [0.25, 0.3) is 0 Å². The van der Waals surface area contributed by atoms with E-state index in [-0.39, 0.29) is 24.0 Å². The monoisotopic (exact) mass is 385 g/mol. The summed E-state index contributed by atoms with van der Waals surface area (Å²) in [6, 6.07) is 0. The Bertz CT molecular complexity index is 201. The van der Waals surface area contributed by atoms with Gasteiger partial charge in [-0.2, -0.15) is 0 Å². The van der Waals surface area contributed by atoms with Crippen LogP contribution in [0.2, 0.25) is 0 Å². The van der Waals surface area contributed by atoms with Gasteiger partial charge in [0.25, 0.3) is 0 Å². The number of hydrogen-bond donors (Lipinski definition) is 2. The van der Waals surface area contributed by atoms with Crippen molar-refractivity contribution >= 4 is 29.9 Å². The summed E-state index contributed by atoms with van der Waals surface area (Å²) in [4.78, 5) is 4.16. The fourth-order valence-electron chi connectivity index (χ4n) is 1.78. The van der Waals surface area contributed by atoms with Crippen molar-refractivity contribution in [3.8, 4) is 0 Å². The molecule has 0 unspecified atom stereocenters. The second kappa shape index (κ2) is 18.0. The van der Waals surface area contributed by atoms with E-state index in [0.29, 0.717) is 6.61 Å². The second-order valence-corrected chi connectivity index (χ2v) is 4.54. The Morgan fingerprint density at radius 2 is 1.53 bits per heavy atom. The molecule has 0 atom stereocenters. The zero-order valence-electron chi connectivity index (χ0n) is 12.8. The molecule has 0 aromatic carbocycles. The molecule has 0 aliphatic rings. The Kier molecular flexibility index (Phi) is 20.1. The predicted octanol–water partition coefficient (Wildman–Crippen LogP) is 3.17. The first kappa shape index (κ1) is 21.3. The molecule has 0 amide bonds. The molecular formula is C14H32IN3O. The molecule has 0 aromatic rings. The summed E-state index contributed by atoms with van der Waals surface area (Å²) in [5.74, 6) is 0.873. The zero-order valence-corrected chi connectivity index (χ0v) is 15.2. The molecule has 116 valence electrons. The smallest absolute Gasteiger partial charge is 0.191 e. The molecule has 0 fully saturated rings. The predicted molar refractivity (Wildman–Crippen MR) is 94.6 cm³/mol. The van der Waals surface area contributed by atoms with E-state index in [1.807, 2.05) is 0 Å². The maximum Gasteiger partial charge on any atom is 0.191 e. The lowest BCUT2D eigenvalue weighted by Gasteiger charge is -2.11. The van der Waals surface area contributed by atoms with Crippen LogP contribution in [0.3, 0.4) is 0 Å². The fourth-order valence-corrected chi connectivity index (χ4v) is 1.78. The van der Waals surface area contributed by atoms with E-state index in [1.54, 1.807) is 14.2 Å². The third-order valence-electron chi connectivity index (χ3n) is 2.90. The Balaban J connectivity index is 0. The lowest BCUT2D eigenvalue weighted by molar-refractivity contribution is 0.203. The minimum Gasteiger partial charge on any atom is -0.383 e. The first-order chi connectivity index (χ1) is 8.85. The van der Waals surface area contributed by atoms with Crippen molar-refractivity contribution in [3.63, 3.8) is 0 Å². The van der Waals surface area contributed by atoms with Crippen LogP contribution in [0.15, 0.2) is 4.99 Å².